The van der Waals surface area contributed by atoms with Gasteiger partial charge in [0.15, 0.2) is 6.29 Å². The maximum absolute atomic E-state index is 9.90. The topological polar surface area (TPSA) is 118 Å². The predicted octanol–water partition coefficient (Wildman–Crippen LogP) is -12.7. The minimum Gasteiger partial charge on any atom is -1.00 e. The van der Waals surface area contributed by atoms with Gasteiger partial charge in [-0.25, -0.2) is 0 Å². The van der Waals surface area contributed by atoms with Gasteiger partial charge in [-0.2, -0.15) is 0 Å². The Morgan fingerprint density at radius 3 is 1.56 bits per heavy atom. The number of hydrogen-bond donors (Lipinski definition) is 5. The Morgan fingerprint density at radius 1 is 0.938 bits per heavy atom. The summed E-state index contributed by atoms with van der Waals surface area (Å²) in [5.41, 5.74) is 0. The van der Waals surface area contributed by atoms with Crippen molar-refractivity contribution in [3.8, 4) is 0 Å². The molecule has 0 rings (SSSR count). The fourth-order valence-electron chi connectivity index (χ4n) is 0.618. The Labute approximate surface area is 122 Å². The van der Waals surface area contributed by atoms with Gasteiger partial charge in [-0.3, -0.25) is 0 Å². The molecule has 0 bridgehead atoms. The molecule has 10 heteroatoms. The van der Waals surface area contributed by atoms with Crippen LogP contribution in [0, 0.1) is 0 Å². The molecule has 0 saturated heterocycles. The second-order valence-electron chi connectivity index (χ2n) is 2.36. The summed E-state index contributed by atoms with van der Waals surface area (Å²) in [6.45, 7) is -0.760. The van der Waals surface area contributed by atoms with E-state index < -0.39 is 31.0 Å². The van der Waals surface area contributed by atoms with Crippen molar-refractivity contribution in [3.05, 3.63) is 0 Å². The first-order valence-corrected chi connectivity index (χ1v) is 3.33. The molecule has 6 nitrogen and oxygen atoms in total. The summed E-state index contributed by atoms with van der Waals surface area (Å²) in [6.07, 6.45) is -6.84. The molecule has 0 aromatic rings. The van der Waals surface area contributed by atoms with E-state index in [2.05, 4.69) is 0 Å². The third-order valence-corrected chi connectivity index (χ3v) is 1.42. The molecule has 0 radical (unpaired) electrons. The number of hydrogen-bond acceptors (Lipinski definition) is 6. The average molecular weight is 313 g/mol. The minimum absolute atomic E-state index is 0. The van der Waals surface area contributed by atoms with Crippen LogP contribution in [0.3, 0.4) is 0 Å². The summed E-state index contributed by atoms with van der Waals surface area (Å²) >= 11 is 0. The van der Waals surface area contributed by atoms with Crippen molar-refractivity contribution in [3.63, 3.8) is 0 Å². The van der Waals surface area contributed by atoms with E-state index in [9.17, 15) is 4.79 Å². The Kier molecular flexibility index (Phi) is 29.9. The molecule has 0 aliphatic heterocycles. The van der Waals surface area contributed by atoms with Crippen molar-refractivity contribution in [1.82, 2.24) is 0 Å². The van der Waals surface area contributed by atoms with Crippen LogP contribution in [-0.4, -0.2) is 80.2 Å². The first-order chi connectivity index (χ1) is 5.54. The Hall–Kier alpha value is 0.872. The zero-order chi connectivity index (χ0) is 9.72. The number of aliphatic hydroxyl groups is 5. The van der Waals surface area contributed by atoms with E-state index in [1.54, 1.807) is 0 Å². The fourth-order valence-corrected chi connectivity index (χ4v) is 0.618. The summed E-state index contributed by atoms with van der Waals surface area (Å²) in [7, 11) is 0. The Bertz CT molecular complexity index is 154. The van der Waals surface area contributed by atoms with Gasteiger partial charge >= 0.3 is 17.4 Å². The van der Waals surface area contributed by atoms with Crippen LogP contribution in [0.4, 0.5) is 0 Å². The van der Waals surface area contributed by atoms with Crippen molar-refractivity contribution in [2.24, 2.45) is 0 Å². The van der Waals surface area contributed by atoms with Crippen molar-refractivity contribution in [2.45, 2.75) is 24.4 Å². The molecular formula is C6H12AlCl3O6. The van der Waals surface area contributed by atoms with Crippen molar-refractivity contribution in [2.75, 3.05) is 6.61 Å². The van der Waals surface area contributed by atoms with E-state index in [4.69, 9.17) is 25.5 Å². The van der Waals surface area contributed by atoms with E-state index in [0.29, 0.717) is 0 Å². The SMILES string of the molecule is O=C[C@H](O)[C@@H](O)[C@@H](O)[C@H](O)CO.[Al+3].[Cl-].[Cl-].[Cl-]. The van der Waals surface area contributed by atoms with Crippen LogP contribution in [0.5, 0.6) is 0 Å². The summed E-state index contributed by atoms with van der Waals surface area (Å²) in [6, 6.07) is 0. The number of halogens is 3. The number of aldehydes is 1. The zero-order valence-electron chi connectivity index (χ0n) is 7.95. The second kappa shape index (κ2) is 15.9. The van der Waals surface area contributed by atoms with E-state index in [1.165, 1.54) is 0 Å². The van der Waals surface area contributed by atoms with Gasteiger partial charge in [-0.15, -0.1) is 0 Å². The monoisotopic (exact) mass is 312 g/mol. The van der Waals surface area contributed by atoms with Crippen LogP contribution in [0.2, 0.25) is 0 Å². The van der Waals surface area contributed by atoms with Crippen LogP contribution in [0.15, 0.2) is 0 Å². The molecule has 0 spiro atoms. The Balaban J connectivity index is -0.000000101. The summed E-state index contributed by atoms with van der Waals surface area (Å²) < 4.78 is 0. The van der Waals surface area contributed by atoms with Gasteiger partial charge in [0, 0.05) is 0 Å². The van der Waals surface area contributed by atoms with Crippen LogP contribution in [0.25, 0.3) is 0 Å². The quantitative estimate of drug-likeness (QED) is 0.254. The van der Waals surface area contributed by atoms with Gasteiger partial charge in [0.25, 0.3) is 0 Å². The number of aliphatic hydroxyl groups excluding tert-OH is 5. The molecule has 4 atom stereocenters. The molecule has 5 N–H and O–H groups in total. The smallest absolute Gasteiger partial charge is 1.00 e. The van der Waals surface area contributed by atoms with Gasteiger partial charge in [0.05, 0.1) is 6.61 Å². The normalized spacial score (nSPS) is 15.8. The molecule has 0 aromatic carbocycles. The standard InChI is InChI=1S/C6H12O6.Al.3ClH/c7-1-3(9)5(11)6(12)4(10)2-8;;;;/h1,3-6,8-12H,2H2;;3*1H/q;+3;;;/p-3/t3-,4+,5+,6-;;;;/m0..../s1. The van der Waals surface area contributed by atoms with Gasteiger partial charge < -0.3 is 67.5 Å². The molecule has 0 unspecified atom stereocenters. The maximum atomic E-state index is 9.90. The summed E-state index contributed by atoms with van der Waals surface area (Å²) in [5, 5.41) is 43.5. The molecule has 0 saturated carbocycles. The number of carbonyl (C=O) groups excluding carboxylic acids is 1. The van der Waals surface area contributed by atoms with Crippen LogP contribution in [-0.2, 0) is 4.79 Å². The first kappa shape index (κ1) is 30.2. The minimum atomic E-state index is -1.79. The molecule has 0 fully saturated rings. The first-order valence-electron chi connectivity index (χ1n) is 3.33. The van der Waals surface area contributed by atoms with Crippen molar-refractivity contribution < 1.29 is 67.5 Å². The number of carbonyl (C=O) groups is 1. The third kappa shape index (κ3) is 10.1. The molecule has 0 heterocycles. The molecular weight excluding hydrogens is 301 g/mol. The van der Waals surface area contributed by atoms with E-state index >= 15 is 0 Å². The molecule has 0 aromatic heterocycles. The average Bonchev–Trinajstić information content (AvgIpc) is 2.12. The molecule has 0 amide bonds. The predicted molar refractivity (Wildman–Crippen MR) is 42.9 cm³/mol. The molecule has 16 heavy (non-hydrogen) atoms. The van der Waals surface area contributed by atoms with Gasteiger partial charge in [0.1, 0.15) is 24.4 Å². The van der Waals surface area contributed by atoms with E-state index in [1.807, 2.05) is 0 Å². The third-order valence-electron chi connectivity index (χ3n) is 1.42. The van der Waals surface area contributed by atoms with Crippen molar-refractivity contribution in [1.29, 1.82) is 0 Å². The van der Waals surface area contributed by atoms with Crippen LogP contribution >= 0.6 is 0 Å². The van der Waals surface area contributed by atoms with E-state index in [0.717, 1.165) is 0 Å². The van der Waals surface area contributed by atoms with Crippen molar-refractivity contribution >= 4 is 23.6 Å². The van der Waals surface area contributed by atoms with Crippen LogP contribution < -0.4 is 37.2 Å². The molecule has 0 aliphatic carbocycles. The second-order valence-corrected chi connectivity index (χ2v) is 2.36. The zero-order valence-corrected chi connectivity index (χ0v) is 11.4. The maximum Gasteiger partial charge on any atom is 3.00 e. The largest absolute Gasteiger partial charge is 3.00 e. The van der Waals surface area contributed by atoms with Gasteiger partial charge in [0.2, 0.25) is 0 Å². The summed E-state index contributed by atoms with van der Waals surface area (Å²) in [4.78, 5) is 9.90. The Morgan fingerprint density at radius 2 is 1.31 bits per heavy atom. The van der Waals surface area contributed by atoms with Crippen LogP contribution in [0.1, 0.15) is 0 Å². The van der Waals surface area contributed by atoms with Gasteiger partial charge in [-0.05, 0) is 0 Å². The van der Waals surface area contributed by atoms with E-state index in [-0.39, 0.29) is 60.9 Å². The molecule has 0 aliphatic rings. The van der Waals surface area contributed by atoms with Gasteiger partial charge in [-0.1, -0.05) is 0 Å². The fraction of sp³-hybridized carbons (Fsp3) is 0.833. The number of rotatable bonds is 5. The molecule has 96 valence electrons. The summed E-state index contributed by atoms with van der Waals surface area (Å²) in [5.74, 6) is 0.